The molecular formula is C10H7Cl2NO. The summed E-state index contributed by atoms with van der Waals surface area (Å²) >= 11 is 12.0. The summed E-state index contributed by atoms with van der Waals surface area (Å²) in [4.78, 5) is 0. The highest BCUT2D eigenvalue weighted by atomic mass is 35.5. The molecule has 0 bridgehead atoms. The van der Waals surface area contributed by atoms with E-state index in [2.05, 4.69) is 0 Å². The molecule has 0 aliphatic carbocycles. The third-order valence-corrected chi connectivity index (χ3v) is 2.56. The standard InChI is InChI=1S/C10H7Cl2NO/c11-7-2-1-3-8(12)9(7)6-4-5-14-10(6)13/h1-5H,13H2. The lowest BCUT2D eigenvalue weighted by atomic mass is 10.1. The van der Waals surface area contributed by atoms with Gasteiger partial charge in [0, 0.05) is 11.1 Å². The van der Waals surface area contributed by atoms with Crippen LogP contribution in [0.15, 0.2) is 34.9 Å². The fourth-order valence-electron chi connectivity index (χ4n) is 1.28. The molecule has 0 aliphatic heterocycles. The van der Waals surface area contributed by atoms with Crippen molar-refractivity contribution in [2.24, 2.45) is 0 Å². The number of nitrogen functional groups attached to an aromatic ring is 1. The first-order chi connectivity index (χ1) is 6.70. The van der Waals surface area contributed by atoms with Crippen molar-refractivity contribution in [1.29, 1.82) is 0 Å². The SMILES string of the molecule is Nc1occc1-c1c(Cl)cccc1Cl. The lowest BCUT2D eigenvalue weighted by molar-refractivity contribution is 0.588. The number of rotatable bonds is 1. The van der Waals surface area contributed by atoms with E-state index >= 15 is 0 Å². The van der Waals surface area contributed by atoms with Crippen LogP contribution in [0.5, 0.6) is 0 Å². The van der Waals surface area contributed by atoms with Gasteiger partial charge in [0.1, 0.15) is 0 Å². The van der Waals surface area contributed by atoms with Gasteiger partial charge < -0.3 is 10.2 Å². The molecule has 0 atom stereocenters. The molecule has 0 fully saturated rings. The van der Waals surface area contributed by atoms with E-state index in [1.165, 1.54) is 6.26 Å². The molecule has 0 spiro atoms. The Morgan fingerprint density at radius 2 is 1.71 bits per heavy atom. The van der Waals surface area contributed by atoms with Gasteiger partial charge in [-0.2, -0.15) is 0 Å². The number of benzene rings is 1. The lowest BCUT2D eigenvalue weighted by Gasteiger charge is -2.04. The molecule has 72 valence electrons. The summed E-state index contributed by atoms with van der Waals surface area (Å²) in [6.45, 7) is 0. The molecule has 4 heteroatoms. The van der Waals surface area contributed by atoms with Crippen LogP contribution in [0.3, 0.4) is 0 Å². The summed E-state index contributed by atoms with van der Waals surface area (Å²) in [5, 5.41) is 1.12. The van der Waals surface area contributed by atoms with Crippen molar-refractivity contribution in [1.82, 2.24) is 0 Å². The fraction of sp³-hybridized carbons (Fsp3) is 0. The van der Waals surface area contributed by atoms with Gasteiger partial charge in [0.05, 0.1) is 16.3 Å². The Morgan fingerprint density at radius 3 is 2.21 bits per heavy atom. The average molecular weight is 228 g/mol. The van der Waals surface area contributed by atoms with Crippen LogP contribution in [0.4, 0.5) is 5.88 Å². The van der Waals surface area contributed by atoms with Gasteiger partial charge in [0.15, 0.2) is 5.88 Å². The summed E-state index contributed by atoms with van der Waals surface area (Å²) in [6.07, 6.45) is 1.50. The van der Waals surface area contributed by atoms with Crippen LogP contribution in [-0.4, -0.2) is 0 Å². The molecule has 1 heterocycles. The predicted molar refractivity (Wildman–Crippen MR) is 58.6 cm³/mol. The maximum absolute atomic E-state index is 6.01. The minimum Gasteiger partial charge on any atom is -0.449 e. The van der Waals surface area contributed by atoms with Crippen LogP contribution in [0.25, 0.3) is 11.1 Å². The fourth-order valence-corrected chi connectivity index (χ4v) is 1.88. The Morgan fingerprint density at radius 1 is 1.07 bits per heavy atom. The van der Waals surface area contributed by atoms with Gasteiger partial charge in [0.25, 0.3) is 0 Å². The van der Waals surface area contributed by atoms with Gasteiger partial charge >= 0.3 is 0 Å². The number of halogens is 2. The lowest BCUT2D eigenvalue weighted by Crippen LogP contribution is -1.86. The van der Waals surface area contributed by atoms with Crippen molar-refractivity contribution in [3.05, 3.63) is 40.6 Å². The van der Waals surface area contributed by atoms with E-state index in [1.54, 1.807) is 24.3 Å². The molecule has 2 rings (SSSR count). The molecule has 2 aromatic rings. The van der Waals surface area contributed by atoms with Gasteiger partial charge in [-0.05, 0) is 18.2 Å². The predicted octanol–water partition coefficient (Wildman–Crippen LogP) is 3.84. The van der Waals surface area contributed by atoms with E-state index in [0.717, 1.165) is 5.56 Å². The largest absolute Gasteiger partial charge is 0.449 e. The summed E-state index contributed by atoms with van der Waals surface area (Å²) < 4.78 is 4.99. The molecule has 0 saturated heterocycles. The van der Waals surface area contributed by atoms with Gasteiger partial charge in [-0.15, -0.1) is 0 Å². The van der Waals surface area contributed by atoms with Crippen LogP contribution in [0, 0.1) is 0 Å². The summed E-state index contributed by atoms with van der Waals surface area (Å²) in [6, 6.07) is 7.04. The molecule has 0 unspecified atom stereocenters. The van der Waals surface area contributed by atoms with E-state index < -0.39 is 0 Å². The maximum atomic E-state index is 6.01. The molecular weight excluding hydrogens is 221 g/mol. The minimum absolute atomic E-state index is 0.319. The molecule has 1 aromatic carbocycles. The van der Waals surface area contributed by atoms with Crippen LogP contribution < -0.4 is 5.73 Å². The van der Waals surface area contributed by atoms with Crippen LogP contribution in [0.2, 0.25) is 10.0 Å². The second-order valence-electron chi connectivity index (χ2n) is 2.80. The molecule has 0 aliphatic rings. The van der Waals surface area contributed by atoms with Crippen LogP contribution >= 0.6 is 23.2 Å². The molecule has 0 amide bonds. The summed E-state index contributed by atoms with van der Waals surface area (Å²) in [7, 11) is 0. The van der Waals surface area contributed by atoms with E-state index in [-0.39, 0.29) is 0 Å². The monoisotopic (exact) mass is 227 g/mol. The topological polar surface area (TPSA) is 39.2 Å². The normalized spacial score (nSPS) is 10.4. The quantitative estimate of drug-likeness (QED) is 0.805. The smallest absolute Gasteiger partial charge is 0.198 e. The van der Waals surface area contributed by atoms with Crippen molar-refractivity contribution < 1.29 is 4.42 Å². The zero-order chi connectivity index (χ0) is 10.1. The van der Waals surface area contributed by atoms with Crippen LogP contribution in [-0.2, 0) is 0 Å². The first-order valence-corrected chi connectivity index (χ1v) is 4.73. The summed E-state index contributed by atoms with van der Waals surface area (Å²) in [5.74, 6) is 0.319. The number of anilines is 1. The molecule has 1 aromatic heterocycles. The number of furan rings is 1. The molecule has 2 nitrogen and oxygen atoms in total. The van der Waals surface area contributed by atoms with Gasteiger partial charge in [-0.1, -0.05) is 29.3 Å². The van der Waals surface area contributed by atoms with Gasteiger partial charge in [0.2, 0.25) is 0 Å². The highest BCUT2D eigenvalue weighted by Crippen LogP contribution is 2.37. The zero-order valence-corrected chi connectivity index (χ0v) is 8.64. The van der Waals surface area contributed by atoms with E-state index in [9.17, 15) is 0 Å². The Balaban J connectivity index is 2.68. The molecule has 14 heavy (non-hydrogen) atoms. The molecule has 0 radical (unpaired) electrons. The number of hydrogen-bond acceptors (Lipinski definition) is 2. The van der Waals surface area contributed by atoms with Crippen molar-refractivity contribution >= 4 is 29.1 Å². The first-order valence-electron chi connectivity index (χ1n) is 3.97. The van der Waals surface area contributed by atoms with E-state index in [4.69, 9.17) is 33.4 Å². The van der Waals surface area contributed by atoms with Gasteiger partial charge in [-0.25, -0.2) is 0 Å². The Bertz CT molecular complexity index is 445. The third-order valence-electron chi connectivity index (χ3n) is 1.93. The van der Waals surface area contributed by atoms with E-state index in [0.29, 0.717) is 21.5 Å². The molecule has 0 saturated carbocycles. The number of nitrogens with two attached hydrogens (primary N) is 1. The average Bonchev–Trinajstić information content (AvgIpc) is 2.52. The minimum atomic E-state index is 0.319. The maximum Gasteiger partial charge on any atom is 0.198 e. The van der Waals surface area contributed by atoms with E-state index in [1.807, 2.05) is 0 Å². The highest BCUT2D eigenvalue weighted by molar-refractivity contribution is 6.39. The molecule has 2 N–H and O–H groups in total. The van der Waals surface area contributed by atoms with Crippen molar-refractivity contribution in [3.63, 3.8) is 0 Å². The van der Waals surface area contributed by atoms with Crippen molar-refractivity contribution in [3.8, 4) is 11.1 Å². The Kier molecular flexibility index (Phi) is 2.40. The second-order valence-corrected chi connectivity index (χ2v) is 3.61. The second kappa shape index (κ2) is 3.56. The van der Waals surface area contributed by atoms with Crippen molar-refractivity contribution in [2.75, 3.05) is 5.73 Å². The van der Waals surface area contributed by atoms with Crippen molar-refractivity contribution in [2.45, 2.75) is 0 Å². The first kappa shape index (κ1) is 9.44. The Labute approximate surface area is 91.2 Å². The number of hydrogen-bond donors (Lipinski definition) is 1. The highest BCUT2D eigenvalue weighted by Gasteiger charge is 2.12. The van der Waals surface area contributed by atoms with Crippen LogP contribution in [0.1, 0.15) is 0 Å². The zero-order valence-electron chi connectivity index (χ0n) is 7.13. The Hall–Kier alpha value is -1.12. The van der Waals surface area contributed by atoms with Gasteiger partial charge in [-0.3, -0.25) is 0 Å². The summed E-state index contributed by atoms with van der Waals surface area (Å²) in [5.41, 5.74) is 7.06. The third kappa shape index (κ3) is 1.47.